The van der Waals surface area contributed by atoms with E-state index in [1.807, 2.05) is 0 Å². The standard InChI is InChI=1S/C11H13F2NO2/c1-14(2)7-10(15)8-4-3-5-9(6-8)16-11(12)13/h3-6,11H,7H2,1-2H3. The fourth-order valence-corrected chi connectivity index (χ4v) is 1.22. The van der Waals surface area contributed by atoms with Crippen molar-refractivity contribution in [1.82, 2.24) is 4.90 Å². The zero-order valence-electron chi connectivity index (χ0n) is 9.11. The van der Waals surface area contributed by atoms with Crippen molar-refractivity contribution in [2.75, 3.05) is 20.6 Å². The van der Waals surface area contributed by atoms with E-state index < -0.39 is 6.61 Å². The predicted octanol–water partition coefficient (Wildman–Crippen LogP) is 2.03. The van der Waals surface area contributed by atoms with E-state index in [0.29, 0.717) is 5.56 Å². The molecule has 0 aliphatic heterocycles. The maximum Gasteiger partial charge on any atom is 0.387 e. The van der Waals surface area contributed by atoms with Crippen LogP contribution in [0.4, 0.5) is 8.78 Å². The van der Waals surface area contributed by atoms with Crippen LogP contribution in [-0.4, -0.2) is 37.9 Å². The molecule has 1 aromatic rings. The molecule has 1 aromatic carbocycles. The van der Waals surface area contributed by atoms with Gasteiger partial charge < -0.3 is 9.64 Å². The summed E-state index contributed by atoms with van der Waals surface area (Å²) >= 11 is 0. The average Bonchev–Trinajstić information content (AvgIpc) is 2.16. The first-order chi connectivity index (χ1) is 7.49. The van der Waals surface area contributed by atoms with Gasteiger partial charge in [0.25, 0.3) is 0 Å². The first-order valence-electron chi connectivity index (χ1n) is 4.72. The van der Waals surface area contributed by atoms with Crippen LogP contribution in [-0.2, 0) is 0 Å². The highest BCUT2D eigenvalue weighted by Gasteiger charge is 2.10. The van der Waals surface area contributed by atoms with Crippen LogP contribution in [0.1, 0.15) is 10.4 Å². The third-order valence-electron chi connectivity index (χ3n) is 1.84. The molecule has 0 aliphatic carbocycles. The first-order valence-corrected chi connectivity index (χ1v) is 4.72. The van der Waals surface area contributed by atoms with Crippen LogP contribution in [0.15, 0.2) is 24.3 Å². The SMILES string of the molecule is CN(C)CC(=O)c1cccc(OC(F)F)c1. The minimum absolute atomic E-state index is 0.000365. The normalized spacial score (nSPS) is 10.9. The molecule has 0 radical (unpaired) electrons. The summed E-state index contributed by atoms with van der Waals surface area (Å²) < 4.78 is 28.1. The summed E-state index contributed by atoms with van der Waals surface area (Å²) in [5.74, 6) is -0.135. The van der Waals surface area contributed by atoms with Gasteiger partial charge in [-0.05, 0) is 26.2 Å². The number of rotatable bonds is 5. The highest BCUT2D eigenvalue weighted by atomic mass is 19.3. The molecule has 0 saturated carbocycles. The molecule has 0 aromatic heterocycles. The van der Waals surface area contributed by atoms with Crippen molar-refractivity contribution >= 4 is 5.78 Å². The summed E-state index contributed by atoms with van der Waals surface area (Å²) in [6, 6.07) is 5.79. The van der Waals surface area contributed by atoms with Crippen molar-refractivity contribution in [3.8, 4) is 5.75 Å². The Labute approximate surface area is 92.6 Å². The fourth-order valence-electron chi connectivity index (χ4n) is 1.22. The van der Waals surface area contributed by atoms with Gasteiger partial charge in [0.2, 0.25) is 0 Å². The second kappa shape index (κ2) is 5.55. The second-order valence-corrected chi connectivity index (χ2v) is 3.57. The van der Waals surface area contributed by atoms with Gasteiger partial charge in [0.1, 0.15) is 5.75 Å². The molecule has 0 aliphatic rings. The third-order valence-corrected chi connectivity index (χ3v) is 1.84. The minimum Gasteiger partial charge on any atom is -0.435 e. The Morgan fingerprint density at radius 1 is 1.44 bits per heavy atom. The molecular weight excluding hydrogens is 216 g/mol. The van der Waals surface area contributed by atoms with Crippen LogP contribution in [0, 0.1) is 0 Å². The summed E-state index contributed by atoms with van der Waals surface area (Å²) in [7, 11) is 3.52. The topological polar surface area (TPSA) is 29.5 Å². The highest BCUT2D eigenvalue weighted by Crippen LogP contribution is 2.16. The van der Waals surface area contributed by atoms with Crippen molar-refractivity contribution in [3.63, 3.8) is 0 Å². The molecule has 0 fully saturated rings. The van der Waals surface area contributed by atoms with Crippen LogP contribution in [0.25, 0.3) is 0 Å². The van der Waals surface area contributed by atoms with Crippen molar-refractivity contribution in [2.45, 2.75) is 6.61 Å². The number of carbonyl (C=O) groups is 1. The number of hydrogen-bond donors (Lipinski definition) is 0. The predicted molar refractivity (Wildman–Crippen MR) is 56.0 cm³/mol. The molecule has 0 spiro atoms. The molecule has 0 N–H and O–H groups in total. The summed E-state index contributed by atoms with van der Waals surface area (Å²) in [6.45, 7) is -2.64. The molecule has 1 rings (SSSR count). The van der Waals surface area contributed by atoms with Crippen LogP contribution < -0.4 is 4.74 Å². The molecule has 5 heteroatoms. The minimum atomic E-state index is -2.88. The van der Waals surface area contributed by atoms with Crippen molar-refractivity contribution in [1.29, 1.82) is 0 Å². The number of likely N-dealkylation sites (N-methyl/N-ethyl adjacent to an activating group) is 1. The van der Waals surface area contributed by atoms with Gasteiger partial charge >= 0.3 is 6.61 Å². The number of halogens is 2. The molecule has 0 bridgehead atoms. The summed E-state index contributed by atoms with van der Waals surface area (Å²) in [5, 5.41) is 0. The lowest BCUT2D eigenvalue weighted by molar-refractivity contribution is -0.0498. The lowest BCUT2D eigenvalue weighted by Crippen LogP contribution is -2.21. The molecule has 3 nitrogen and oxygen atoms in total. The summed E-state index contributed by atoms with van der Waals surface area (Å²) in [6.07, 6.45) is 0. The number of ether oxygens (including phenoxy) is 1. The van der Waals surface area contributed by atoms with Crippen LogP contribution in [0.5, 0.6) is 5.75 Å². The van der Waals surface area contributed by atoms with E-state index in [-0.39, 0.29) is 18.1 Å². The smallest absolute Gasteiger partial charge is 0.387 e. The van der Waals surface area contributed by atoms with E-state index >= 15 is 0 Å². The van der Waals surface area contributed by atoms with Gasteiger partial charge in [-0.2, -0.15) is 8.78 Å². The number of alkyl halides is 2. The van der Waals surface area contributed by atoms with Crippen molar-refractivity contribution in [2.24, 2.45) is 0 Å². The average molecular weight is 229 g/mol. The number of hydrogen-bond acceptors (Lipinski definition) is 3. The number of Topliss-reactive ketones (excluding diaryl/α,β-unsaturated/α-hetero) is 1. The zero-order valence-corrected chi connectivity index (χ0v) is 9.11. The molecule has 88 valence electrons. The Hall–Kier alpha value is -1.49. The summed E-state index contributed by atoms with van der Waals surface area (Å²) in [5.41, 5.74) is 0.367. The quantitative estimate of drug-likeness (QED) is 0.723. The van der Waals surface area contributed by atoms with E-state index in [9.17, 15) is 13.6 Å². The summed E-state index contributed by atoms with van der Waals surface area (Å²) in [4.78, 5) is 13.3. The van der Waals surface area contributed by atoms with Gasteiger partial charge in [0, 0.05) is 5.56 Å². The molecule has 0 saturated heterocycles. The van der Waals surface area contributed by atoms with E-state index in [1.54, 1.807) is 25.1 Å². The highest BCUT2D eigenvalue weighted by molar-refractivity contribution is 5.97. The van der Waals surface area contributed by atoms with E-state index in [0.717, 1.165) is 0 Å². The Bertz CT molecular complexity index is 367. The molecule has 0 amide bonds. The van der Waals surface area contributed by atoms with Gasteiger partial charge in [-0.3, -0.25) is 4.79 Å². The first kappa shape index (κ1) is 12.6. The monoisotopic (exact) mass is 229 g/mol. The molecule has 0 unspecified atom stereocenters. The molecule has 0 atom stereocenters. The van der Waals surface area contributed by atoms with Crippen LogP contribution in [0.2, 0.25) is 0 Å². The van der Waals surface area contributed by atoms with Crippen LogP contribution >= 0.6 is 0 Å². The maximum atomic E-state index is 11.9. The Kier molecular flexibility index (Phi) is 4.37. The van der Waals surface area contributed by atoms with Crippen molar-refractivity contribution in [3.05, 3.63) is 29.8 Å². The number of nitrogens with zero attached hydrogens (tertiary/aromatic N) is 1. The Morgan fingerprint density at radius 2 is 2.12 bits per heavy atom. The zero-order chi connectivity index (χ0) is 12.1. The Morgan fingerprint density at radius 3 is 2.69 bits per heavy atom. The van der Waals surface area contributed by atoms with Gasteiger partial charge in [-0.1, -0.05) is 12.1 Å². The van der Waals surface area contributed by atoms with E-state index in [4.69, 9.17) is 0 Å². The van der Waals surface area contributed by atoms with E-state index in [2.05, 4.69) is 4.74 Å². The number of ketones is 1. The van der Waals surface area contributed by atoms with Crippen LogP contribution in [0.3, 0.4) is 0 Å². The lowest BCUT2D eigenvalue weighted by Gasteiger charge is -2.09. The number of benzene rings is 1. The van der Waals surface area contributed by atoms with Gasteiger partial charge in [-0.25, -0.2) is 0 Å². The molecular formula is C11H13F2NO2. The lowest BCUT2D eigenvalue weighted by atomic mass is 10.1. The number of carbonyl (C=O) groups excluding carboxylic acids is 1. The van der Waals surface area contributed by atoms with E-state index in [1.165, 1.54) is 18.2 Å². The van der Waals surface area contributed by atoms with Crippen molar-refractivity contribution < 1.29 is 18.3 Å². The molecule has 16 heavy (non-hydrogen) atoms. The largest absolute Gasteiger partial charge is 0.435 e. The molecule has 0 heterocycles. The van der Waals surface area contributed by atoms with Gasteiger partial charge in [0.15, 0.2) is 5.78 Å². The fraction of sp³-hybridized carbons (Fsp3) is 0.364. The van der Waals surface area contributed by atoms with Gasteiger partial charge in [0.05, 0.1) is 6.54 Å². The third kappa shape index (κ3) is 3.94. The van der Waals surface area contributed by atoms with Gasteiger partial charge in [-0.15, -0.1) is 0 Å². The maximum absolute atomic E-state index is 11.9. The second-order valence-electron chi connectivity index (χ2n) is 3.57. The Balaban J connectivity index is 2.77.